The first-order valence-corrected chi connectivity index (χ1v) is 5.02. The second-order valence-corrected chi connectivity index (χ2v) is 3.71. The van der Waals surface area contributed by atoms with E-state index in [1.165, 1.54) is 0 Å². The van der Waals surface area contributed by atoms with Gasteiger partial charge in [-0.1, -0.05) is 12.1 Å². The molecular formula is C11H15N3O. The van der Waals surface area contributed by atoms with Crippen LogP contribution in [0.3, 0.4) is 0 Å². The second-order valence-electron chi connectivity index (χ2n) is 3.71. The minimum absolute atomic E-state index is 0.371. The summed E-state index contributed by atoms with van der Waals surface area (Å²) < 4.78 is 1.98. The summed E-state index contributed by atoms with van der Waals surface area (Å²) in [5.41, 5.74) is 2.05. The molecule has 0 amide bonds. The van der Waals surface area contributed by atoms with Crippen molar-refractivity contribution >= 4 is 17.0 Å². The molecule has 0 fully saturated rings. The van der Waals surface area contributed by atoms with Crippen LogP contribution in [0.4, 0.5) is 5.95 Å². The minimum atomic E-state index is -0.371. The minimum Gasteiger partial charge on any atom is -0.392 e. The van der Waals surface area contributed by atoms with Crippen LogP contribution in [0.2, 0.25) is 0 Å². The number of aliphatic hydroxyl groups excluding tert-OH is 1. The van der Waals surface area contributed by atoms with Crippen LogP contribution in [0.1, 0.15) is 6.92 Å². The van der Waals surface area contributed by atoms with E-state index in [1.54, 1.807) is 6.92 Å². The van der Waals surface area contributed by atoms with Crippen molar-refractivity contribution in [3.63, 3.8) is 0 Å². The van der Waals surface area contributed by atoms with Crippen molar-refractivity contribution < 1.29 is 5.11 Å². The van der Waals surface area contributed by atoms with E-state index in [1.807, 2.05) is 35.9 Å². The number of hydrogen-bond acceptors (Lipinski definition) is 3. The van der Waals surface area contributed by atoms with E-state index in [2.05, 4.69) is 10.3 Å². The number of para-hydroxylation sites is 2. The third-order valence-corrected chi connectivity index (χ3v) is 2.34. The van der Waals surface area contributed by atoms with Gasteiger partial charge >= 0.3 is 0 Å². The van der Waals surface area contributed by atoms with Crippen molar-refractivity contribution in [1.82, 2.24) is 9.55 Å². The fraction of sp³-hybridized carbons (Fsp3) is 0.364. The van der Waals surface area contributed by atoms with Gasteiger partial charge in [0.25, 0.3) is 0 Å². The molecule has 0 spiro atoms. The molecule has 4 heteroatoms. The average Bonchev–Trinajstić information content (AvgIpc) is 2.54. The number of aliphatic hydroxyl groups is 1. The Morgan fingerprint density at radius 1 is 1.47 bits per heavy atom. The van der Waals surface area contributed by atoms with Gasteiger partial charge in [-0.05, 0) is 19.1 Å². The Kier molecular flexibility index (Phi) is 2.60. The molecule has 15 heavy (non-hydrogen) atoms. The quantitative estimate of drug-likeness (QED) is 0.795. The molecule has 1 aromatic heterocycles. The van der Waals surface area contributed by atoms with E-state index in [0.29, 0.717) is 6.54 Å². The summed E-state index contributed by atoms with van der Waals surface area (Å²) in [7, 11) is 1.96. The van der Waals surface area contributed by atoms with E-state index in [9.17, 15) is 5.11 Å². The molecule has 80 valence electrons. The third kappa shape index (κ3) is 1.94. The first-order chi connectivity index (χ1) is 7.18. The van der Waals surface area contributed by atoms with Gasteiger partial charge in [0.05, 0.1) is 17.1 Å². The van der Waals surface area contributed by atoms with Gasteiger partial charge in [0.15, 0.2) is 0 Å². The molecule has 2 rings (SSSR count). The predicted octanol–water partition coefficient (Wildman–Crippen LogP) is 1.37. The molecule has 0 saturated carbocycles. The Bertz CT molecular complexity index is 462. The first kappa shape index (κ1) is 9.98. The van der Waals surface area contributed by atoms with Crippen LogP contribution in [-0.2, 0) is 7.05 Å². The molecule has 0 bridgehead atoms. The molecule has 0 aliphatic heterocycles. The van der Waals surface area contributed by atoms with Gasteiger partial charge in [-0.25, -0.2) is 4.98 Å². The summed E-state index contributed by atoms with van der Waals surface area (Å²) in [6.07, 6.45) is -0.371. The van der Waals surface area contributed by atoms with Crippen molar-refractivity contribution in [2.75, 3.05) is 11.9 Å². The standard InChI is InChI=1S/C11H15N3O/c1-8(15)7-12-11-13-9-5-3-4-6-10(9)14(11)2/h3-6,8,15H,7H2,1-2H3,(H,12,13)/t8-/m0/s1. The van der Waals surface area contributed by atoms with Gasteiger partial charge in [0, 0.05) is 13.6 Å². The summed E-state index contributed by atoms with van der Waals surface area (Å²) in [6, 6.07) is 7.95. The molecule has 4 nitrogen and oxygen atoms in total. The largest absolute Gasteiger partial charge is 0.392 e. The average molecular weight is 205 g/mol. The zero-order chi connectivity index (χ0) is 10.8. The molecule has 1 heterocycles. The molecule has 1 atom stereocenters. The first-order valence-electron chi connectivity index (χ1n) is 5.02. The van der Waals surface area contributed by atoms with Crippen LogP contribution in [-0.4, -0.2) is 27.3 Å². The van der Waals surface area contributed by atoms with Crippen molar-refractivity contribution in [2.45, 2.75) is 13.0 Å². The molecular weight excluding hydrogens is 190 g/mol. The summed E-state index contributed by atoms with van der Waals surface area (Å²) in [5.74, 6) is 0.789. The van der Waals surface area contributed by atoms with E-state index < -0.39 is 0 Å². The van der Waals surface area contributed by atoms with Gasteiger partial charge in [-0.3, -0.25) is 0 Å². The lowest BCUT2D eigenvalue weighted by Gasteiger charge is -2.07. The highest BCUT2D eigenvalue weighted by Crippen LogP contribution is 2.17. The van der Waals surface area contributed by atoms with E-state index >= 15 is 0 Å². The topological polar surface area (TPSA) is 50.1 Å². The summed E-state index contributed by atoms with van der Waals surface area (Å²) in [5, 5.41) is 12.3. The number of aromatic nitrogens is 2. The highest BCUT2D eigenvalue weighted by atomic mass is 16.3. The fourth-order valence-electron chi connectivity index (χ4n) is 1.54. The van der Waals surface area contributed by atoms with Crippen LogP contribution in [0.5, 0.6) is 0 Å². The molecule has 0 unspecified atom stereocenters. The Balaban J connectivity index is 2.32. The second kappa shape index (κ2) is 3.90. The van der Waals surface area contributed by atoms with Gasteiger partial charge in [0.2, 0.25) is 5.95 Å². The SMILES string of the molecule is C[C@H](O)CNc1nc2ccccc2n1C. The van der Waals surface area contributed by atoms with E-state index in [-0.39, 0.29) is 6.10 Å². The lowest BCUT2D eigenvalue weighted by atomic mass is 10.3. The smallest absolute Gasteiger partial charge is 0.203 e. The highest BCUT2D eigenvalue weighted by molar-refractivity contribution is 5.78. The molecule has 0 aliphatic rings. The number of nitrogens with zero attached hydrogens (tertiary/aromatic N) is 2. The van der Waals surface area contributed by atoms with Crippen LogP contribution < -0.4 is 5.32 Å². The van der Waals surface area contributed by atoms with Gasteiger partial charge in [0.1, 0.15) is 0 Å². The number of nitrogens with one attached hydrogen (secondary N) is 1. The molecule has 2 aromatic rings. The van der Waals surface area contributed by atoms with Gasteiger partial charge < -0.3 is 15.0 Å². The normalized spacial score (nSPS) is 13.0. The maximum atomic E-state index is 9.18. The number of anilines is 1. The molecule has 0 radical (unpaired) electrons. The van der Waals surface area contributed by atoms with E-state index in [0.717, 1.165) is 17.0 Å². The molecule has 0 aliphatic carbocycles. The summed E-state index contributed by atoms with van der Waals surface area (Å²) in [4.78, 5) is 4.42. The van der Waals surface area contributed by atoms with Crippen molar-refractivity contribution in [3.05, 3.63) is 24.3 Å². The summed E-state index contributed by atoms with van der Waals surface area (Å²) in [6.45, 7) is 2.26. The van der Waals surface area contributed by atoms with Crippen molar-refractivity contribution in [1.29, 1.82) is 0 Å². The molecule has 1 aromatic carbocycles. The Labute approximate surface area is 88.6 Å². The number of benzene rings is 1. The Hall–Kier alpha value is -1.55. The lowest BCUT2D eigenvalue weighted by molar-refractivity contribution is 0.208. The van der Waals surface area contributed by atoms with Crippen LogP contribution in [0.25, 0.3) is 11.0 Å². The van der Waals surface area contributed by atoms with Crippen LogP contribution in [0, 0.1) is 0 Å². The van der Waals surface area contributed by atoms with Crippen molar-refractivity contribution in [2.24, 2.45) is 7.05 Å². The third-order valence-electron chi connectivity index (χ3n) is 2.34. The number of imidazole rings is 1. The Morgan fingerprint density at radius 2 is 2.20 bits per heavy atom. The zero-order valence-corrected chi connectivity index (χ0v) is 8.94. The predicted molar refractivity (Wildman–Crippen MR) is 60.9 cm³/mol. The lowest BCUT2D eigenvalue weighted by Crippen LogP contribution is -2.17. The summed E-state index contributed by atoms with van der Waals surface area (Å²) >= 11 is 0. The number of rotatable bonds is 3. The highest BCUT2D eigenvalue weighted by Gasteiger charge is 2.06. The van der Waals surface area contributed by atoms with Crippen molar-refractivity contribution in [3.8, 4) is 0 Å². The fourth-order valence-corrected chi connectivity index (χ4v) is 1.54. The van der Waals surface area contributed by atoms with E-state index in [4.69, 9.17) is 0 Å². The number of aryl methyl sites for hydroxylation is 1. The molecule has 2 N–H and O–H groups in total. The monoisotopic (exact) mass is 205 g/mol. The maximum absolute atomic E-state index is 9.18. The number of hydrogen-bond donors (Lipinski definition) is 2. The molecule has 0 saturated heterocycles. The van der Waals surface area contributed by atoms with Gasteiger partial charge in [-0.15, -0.1) is 0 Å². The van der Waals surface area contributed by atoms with Crippen LogP contribution in [0.15, 0.2) is 24.3 Å². The van der Waals surface area contributed by atoms with Gasteiger partial charge in [-0.2, -0.15) is 0 Å². The van der Waals surface area contributed by atoms with Crippen LogP contribution >= 0.6 is 0 Å². The maximum Gasteiger partial charge on any atom is 0.203 e. The zero-order valence-electron chi connectivity index (χ0n) is 8.94. The number of fused-ring (bicyclic) bond motifs is 1. The Morgan fingerprint density at radius 3 is 2.87 bits per heavy atom.